The zero-order valence-corrected chi connectivity index (χ0v) is 24.9. The summed E-state index contributed by atoms with van der Waals surface area (Å²) in [6, 6.07) is 5.99. The van der Waals surface area contributed by atoms with Gasteiger partial charge in [0.1, 0.15) is 25.1 Å². The Hall–Kier alpha value is -0.660. The van der Waals surface area contributed by atoms with E-state index in [2.05, 4.69) is 24.6 Å². The molecule has 3 N–H and O–H groups in total. The number of hydrogen-bond acceptors (Lipinski definition) is 10. The zero-order chi connectivity index (χ0) is 21.9. The summed E-state index contributed by atoms with van der Waals surface area (Å²) >= 11 is 1.11. The largest absolute Gasteiger partial charge is 1.00 e. The zero-order valence-electron chi connectivity index (χ0n) is 18.2. The maximum atomic E-state index is 12.1. The summed E-state index contributed by atoms with van der Waals surface area (Å²) in [5, 5.41) is 14.5. The fourth-order valence-corrected chi connectivity index (χ4v) is 3.58. The van der Waals surface area contributed by atoms with Crippen molar-refractivity contribution in [2.45, 2.75) is 6.92 Å². The molecule has 12 nitrogen and oxygen atoms in total. The molecular weight excluding hydrogens is 513 g/mol. The molecule has 0 unspecified atom stereocenters. The first-order chi connectivity index (χ1) is 14.2. The molecule has 0 bridgehead atoms. The molecule has 0 saturated heterocycles. The Balaban J connectivity index is 0.00000341. The fraction of sp³-hybridized carbons (Fsp3) is 0.188. The first kappa shape index (κ1) is 32.3. The van der Waals surface area contributed by atoms with Crippen molar-refractivity contribution < 1.29 is 87.5 Å². The number of fused-ring (bicyclic) bond motifs is 1. The number of aromatic amines is 1. The average Bonchev–Trinajstić information content (AvgIpc) is 2.65. The maximum Gasteiger partial charge on any atom is 1.00 e. The molecule has 166 valence electrons. The van der Waals surface area contributed by atoms with E-state index < -0.39 is 13.7 Å². The number of methoxy groups -OCH3 is 1. The topological polar surface area (TPSA) is 180 Å². The number of carbonyl (C=O) groups excluding carboxylic acids is 1. The van der Waals surface area contributed by atoms with Gasteiger partial charge in [-0.05, 0) is 19.1 Å². The second kappa shape index (κ2) is 14.0. The van der Waals surface area contributed by atoms with Gasteiger partial charge in [0.15, 0.2) is 11.5 Å². The third-order valence-corrected chi connectivity index (χ3v) is 5.05. The third-order valence-electron chi connectivity index (χ3n) is 3.89. The Labute approximate surface area is 244 Å². The minimum Gasteiger partial charge on any atom is -0.780 e. The average molecular weight is 530 g/mol. The van der Waals surface area contributed by atoms with Crippen molar-refractivity contribution in [1.29, 1.82) is 5.26 Å². The Morgan fingerprint density at radius 2 is 2.06 bits per heavy atom. The molecule has 0 fully saturated rings. The first-order valence-electron chi connectivity index (χ1n) is 8.27. The molecule has 2 heterocycles. The molecule has 2 aromatic heterocycles. The molecule has 3 aromatic rings. The Morgan fingerprint density at radius 1 is 1.36 bits per heavy atom. The van der Waals surface area contributed by atoms with Crippen LogP contribution in [0.25, 0.3) is 11.0 Å². The van der Waals surface area contributed by atoms with Crippen LogP contribution in [0.15, 0.2) is 24.4 Å². The van der Waals surface area contributed by atoms with Crippen LogP contribution in [0.1, 0.15) is 11.3 Å². The van der Waals surface area contributed by atoms with Gasteiger partial charge >= 0.3 is 59.1 Å². The SMILES string of the molecule is COc1ccc(NC(=O)CNSn2[nH]c3c(C)c(C#N)ncc32)cc1OP(=O)([O-])[O-].S.[Na+].[Na+]. The molecule has 1 aromatic carbocycles. The standard InChI is InChI=1S/C16H17N6O6PS.2Na.H2S/c1-9-11(6-17)18-7-12-16(9)21-22(12)30-19-8-15(23)20-10-3-4-13(27-2)14(5-10)28-29(24,25)26;;;/h3-5,7,19,21H,8H2,1-2H3,(H,20,23)(H2,24,25,26);;;1H2/q;2*+1;/p-2. The summed E-state index contributed by atoms with van der Waals surface area (Å²) in [6.07, 6.45) is 1.55. The number of phosphoric acid groups is 1. The number of amides is 1. The number of pyridine rings is 1. The van der Waals surface area contributed by atoms with Crippen LogP contribution in [-0.2, 0) is 9.36 Å². The van der Waals surface area contributed by atoms with E-state index in [-0.39, 0.29) is 96.3 Å². The van der Waals surface area contributed by atoms with Crippen molar-refractivity contribution in [3.63, 3.8) is 0 Å². The predicted molar refractivity (Wildman–Crippen MR) is 115 cm³/mol. The van der Waals surface area contributed by atoms with Crippen LogP contribution in [0.2, 0.25) is 0 Å². The van der Waals surface area contributed by atoms with Gasteiger partial charge in [-0.15, -0.1) is 0 Å². The summed E-state index contributed by atoms with van der Waals surface area (Å²) < 4.78 is 24.6. The van der Waals surface area contributed by atoms with Crippen LogP contribution in [0.3, 0.4) is 0 Å². The summed E-state index contributed by atoms with van der Waals surface area (Å²) in [7, 11) is -4.01. The number of hydrogen-bond donors (Lipinski definition) is 3. The monoisotopic (exact) mass is 530 g/mol. The van der Waals surface area contributed by atoms with Gasteiger partial charge in [-0.2, -0.15) is 18.8 Å². The van der Waals surface area contributed by atoms with Gasteiger partial charge in [0.2, 0.25) is 5.91 Å². The quantitative estimate of drug-likeness (QED) is 0.144. The van der Waals surface area contributed by atoms with Crippen molar-refractivity contribution in [2.24, 2.45) is 0 Å². The summed E-state index contributed by atoms with van der Waals surface area (Å²) in [5.41, 5.74) is 2.85. The van der Waals surface area contributed by atoms with Crippen LogP contribution in [0.5, 0.6) is 11.5 Å². The van der Waals surface area contributed by atoms with Crippen molar-refractivity contribution in [3.8, 4) is 17.6 Å². The minimum absolute atomic E-state index is 0. The molecule has 0 radical (unpaired) electrons. The molecule has 1 amide bonds. The molecule has 3 rings (SSSR count). The molecule has 0 spiro atoms. The number of benzene rings is 1. The summed E-state index contributed by atoms with van der Waals surface area (Å²) in [4.78, 5) is 37.9. The Kier molecular flexibility index (Phi) is 13.8. The van der Waals surface area contributed by atoms with E-state index in [9.17, 15) is 19.1 Å². The van der Waals surface area contributed by atoms with Crippen LogP contribution in [-0.4, -0.2) is 33.7 Å². The number of nitriles is 1. The van der Waals surface area contributed by atoms with Crippen LogP contribution < -0.4 is 88.2 Å². The number of aryl methyl sites for hydroxylation is 1. The van der Waals surface area contributed by atoms with E-state index in [0.29, 0.717) is 5.69 Å². The number of ether oxygens (including phenoxy) is 1. The van der Waals surface area contributed by atoms with E-state index >= 15 is 0 Å². The number of rotatable bonds is 8. The molecule has 0 aliphatic heterocycles. The minimum atomic E-state index is -5.29. The second-order valence-electron chi connectivity index (χ2n) is 5.87. The fourth-order valence-electron chi connectivity index (χ4n) is 2.50. The van der Waals surface area contributed by atoms with Gasteiger partial charge < -0.3 is 28.9 Å². The molecule has 0 atom stereocenters. The number of nitrogens with one attached hydrogen (secondary N) is 3. The van der Waals surface area contributed by atoms with Gasteiger partial charge in [0.05, 0.1) is 37.5 Å². The van der Waals surface area contributed by atoms with Gasteiger partial charge in [0, 0.05) is 17.3 Å². The number of H-pyrrole nitrogens is 1. The van der Waals surface area contributed by atoms with Gasteiger partial charge in [-0.25, -0.2) is 13.8 Å². The number of anilines is 1. The first-order valence-corrected chi connectivity index (χ1v) is 10.5. The molecule has 17 heteroatoms. The van der Waals surface area contributed by atoms with Crippen molar-refractivity contribution >= 4 is 56.1 Å². The number of carbonyl (C=O) groups is 1. The predicted octanol–water partition coefficient (Wildman–Crippen LogP) is -5.48. The number of phosphoric ester groups is 1. The van der Waals surface area contributed by atoms with E-state index in [1.54, 1.807) is 17.2 Å². The summed E-state index contributed by atoms with van der Waals surface area (Å²) in [6.45, 7) is 1.69. The van der Waals surface area contributed by atoms with Crippen LogP contribution in [0.4, 0.5) is 5.69 Å². The molecular formula is C16H17N6Na2O6PS2. The van der Waals surface area contributed by atoms with E-state index in [1.165, 1.54) is 25.3 Å². The summed E-state index contributed by atoms with van der Waals surface area (Å²) in [5.74, 6) is -0.729. The van der Waals surface area contributed by atoms with Crippen LogP contribution >= 0.6 is 33.5 Å². The van der Waals surface area contributed by atoms with Gasteiger partial charge in [-0.1, -0.05) is 0 Å². The van der Waals surface area contributed by atoms with Gasteiger partial charge in [-0.3, -0.25) is 9.89 Å². The number of nitrogens with zero attached hydrogens (tertiary/aromatic N) is 3. The van der Waals surface area contributed by atoms with E-state index in [4.69, 9.17) is 10.00 Å². The van der Waals surface area contributed by atoms with Crippen molar-refractivity contribution in [1.82, 2.24) is 18.9 Å². The van der Waals surface area contributed by atoms with Crippen LogP contribution in [0, 0.1) is 18.3 Å². The molecule has 0 aliphatic rings. The normalized spacial score (nSPS) is 10.3. The smallest absolute Gasteiger partial charge is 0.780 e. The number of aromatic nitrogens is 3. The Morgan fingerprint density at radius 3 is 2.67 bits per heavy atom. The van der Waals surface area contributed by atoms with Crippen molar-refractivity contribution in [2.75, 3.05) is 19.0 Å². The molecule has 33 heavy (non-hydrogen) atoms. The van der Waals surface area contributed by atoms with Crippen molar-refractivity contribution in [3.05, 3.63) is 35.7 Å². The van der Waals surface area contributed by atoms with Gasteiger partial charge in [0.25, 0.3) is 0 Å². The third kappa shape index (κ3) is 8.50. The molecule has 0 aliphatic carbocycles. The van der Waals surface area contributed by atoms with E-state index in [1.807, 2.05) is 6.07 Å². The second-order valence-corrected chi connectivity index (χ2v) is 7.79. The van der Waals surface area contributed by atoms with E-state index in [0.717, 1.165) is 28.7 Å². The maximum absolute atomic E-state index is 12.1. The molecule has 0 saturated carbocycles. The Bertz CT molecular complexity index is 1190.